The number of aryl methyl sites for hydroxylation is 2. The first kappa shape index (κ1) is 20.9. The molecule has 31 heavy (non-hydrogen) atoms. The van der Waals surface area contributed by atoms with Crippen LogP contribution in [0.3, 0.4) is 0 Å². The SMILES string of the molecule is Cc1[nH]n2nc(-c3ccc(NCOCOC(=O)CCc4ccccc4)cc3)nc2c1Cl. The molecule has 8 nitrogen and oxygen atoms in total. The van der Waals surface area contributed by atoms with E-state index in [1.54, 1.807) is 4.63 Å². The van der Waals surface area contributed by atoms with Gasteiger partial charge < -0.3 is 14.8 Å². The van der Waals surface area contributed by atoms with Gasteiger partial charge in [-0.05, 0) is 43.2 Å². The number of rotatable bonds is 9. The number of esters is 1. The first-order valence-corrected chi connectivity index (χ1v) is 10.2. The van der Waals surface area contributed by atoms with Gasteiger partial charge in [-0.1, -0.05) is 41.9 Å². The molecule has 9 heteroatoms. The maximum atomic E-state index is 11.8. The Morgan fingerprint density at radius 3 is 2.68 bits per heavy atom. The zero-order chi connectivity index (χ0) is 21.6. The van der Waals surface area contributed by atoms with Crippen molar-refractivity contribution in [3.05, 3.63) is 70.9 Å². The summed E-state index contributed by atoms with van der Waals surface area (Å²) in [7, 11) is 0. The number of fused-ring (bicyclic) bond motifs is 1. The lowest BCUT2D eigenvalue weighted by Crippen LogP contribution is -2.13. The molecule has 0 amide bonds. The lowest BCUT2D eigenvalue weighted by Gasteiger charge is -2.09. The molecule has 160 valence electrons. The van der Waals surface area contributed by atoms with Gasteiger partial charge in [-0.2, -0.15) is 4.63 Å². The van der Waals surface area contributed by atoms with E-state index in [-0.39, 0.29) is 19.5 Å². The van der Waals surface area contributed by atoms with Gasteiger partial charge in [0.2, 0.25) is 0 Å². The summed E-state index contributed by atoms with van der Waals surface area (Å²) >= 11 is 6.21. The number of aromatic amines is 1. The fraction of sp³-hybridized carbons (Fsp3) is 0.227. The minimum absolute atomic E-state index is 0.0937. The molecule has 0 fully saturated rings. The number of hydrogen-bond acceptors (Lipinski definition) is 6. The molecule has 2 heterocycles. The summed E-state index contributed by atoms with van der Waals surface area (Å²) < 4.78 is 12.0. The lowest BCUT2D eigenvalue weighted by molar-refractivity contribution is -0.155. The van der Waals surface area contributed by atoms with Gasteiger partial charge in [-0.25, -0.2) is 4.98 Å². The molecule has 0 unspecified atom stereocenters. The van der Waals surface area contributed by atoms with E-state index in [1.807, 2.05) is 61.5 Å². The molecule has 0 bridgehead atoms. The second kappa shape index (κ2) is 9.63. The smallest absolute Gasteiger partial charge is 0.308 e. The molecule has 0 saturated carbocycles. The molecule has 0 aliphatic carbocycles. The zero-order valence-corrected chi connectivity index (χ0v) is 17.7. The van der Waals surface area contributed by atoms with Gasteiger partial charge in [0.05, 0.1) is 5.69 Å². The van der Waals surface area contributed by atoms with E-state index in [0.717, 1.165) is 22.5 Å². The van der Waals surface area contributed by atoms with Crippen LogP contribution < -0.4 is 5.32 Å². The molecule has 0 saturated heterocycles. The topological polar surface area (TPSA) is 93.5 Å². The van der Waals surface area contributed by atoms with Crippen LogP contribution in [0.5, 0.6) is 0 Å². The van der Waals surface area contributed by atoms with E-state index in [1.165, 1.54) is 0 Å². The first-order chi connectivity index (χ1) is 15.1. The van der Waals surface area contributed by atoms with E-state index < -0.39 is 0 Å². The Balaban J connectivity index is 1.18. The number of H-pyrrole nitrogens is 1. The highest BCUT2D eigenvalue weighted by Crippen LogP contribution is 2.24. The third-order valence-corrected chi connectivity index (χ3v) is 5.14. The van der Waals surface area contributed by atoms with Crippen molar-refractivity contribution in [2.45, 2.75) is 19.8 Å². The van der Waals surface area contributed by atoms with Crippen molar-refractivity contribution >= 4 is 28.9 Å². The number of nitrogens with zero attached hydrogens (tertiary/aromatic N) is 3. The zero-order valence-electron chi connectivity index (χ0n) is 17.0. The Morgan fingerprint density at radius 1 is 1.16 bits per heavy atom. The van der Waals surface area contributed by atoms with Gasteiger partial charge in [0.1, 0.15) is 11.8 Å². The van der Waals surface area contributed by atoms with Crippen molar-refractivity contribution in [3.8, 4) is 11.4 Å². The van der Waals surface area contributed by atoms with Crippen molar-refractivity contribution in [2.24, 2.45) is 0 Å². The summed E-state index contributed by atoms with van der Waals surface area (Å²) in [6.07, 6.45) is 0.973. The first-order valence-electron chi connectivity index (χ1n) is 9.82. The van der Waals surface area contributed by atoms with Crippen LogP contribution in [-0.2, 0) is 20.7 Å². The molecule has 2 N–H and O–H groups in total. The number of benzene rings is 2. The number of halogens is 1. The van der Waals surface area contributed by atoms with E-state index >= 15 is 0 Å². The predicted octanol–water partition coefficient (Wildman–Crippen LogP) is 4.21. The van der Waals surface area contributed by atoms with Crippen LogP contribution in [0.2, 0.25) is 5.02 Å². The second-order valence-electron chi connectivity index (χ2n) is 6.94. The number of carbonyl (C=O) groups excluding carboxylic acids is 1. The van der Waals surface area contributed by atoms with Crippen molar-refractivity contribution in [3.63, 3.8) is 0 Å². The van der Waals surface area contributed by atoms with Crippen LogP contribution >= 0.6 is 11.6 Å². The van der Waals surface area contributed by atoms with E-state index in [9.17, 15) is 4.79 Å². The Hall–Kier alpha value is -3.36. The summed E-state index contributed by atoms with van der Waals surface area (Å²) in [4.78, 5) is 16.2. The highest BCUT2D eigenvalue weighted by molar-refractivity contribution is 6.34. The van der Waals surface area contributed by atoms with Crippen molar-refractivity contribution < 1.29 is 14.3 Å². The van der Waals surface area contributed by atoms with Crippen molar-refractivity contribution in [1.29, 1.82) is 0 Å². The summed E-state index contributed by atoms with van der Waals surface area (Å²) in [5.41, 5.74) is 4.25. The van der Waals surface area contributed by atoms with Gasteiger partial charge in [0, 0.05) is 17.7 Å². The molecule has 0 radical (unpaired) electrons. The Labute approximate surface area is 184 Å². The summed E-state index contributed by atoms with van der Waals surface area (Å²) in [6.45, 7) is 1.99. The fourth-order valence-corrected chi connectivity index (χ4v) is 3.18. The summed E-state index contributed by atoms with van der Waals surface area (Å²) in [5.74, 6) is 0.297. The third kappa shape index (κ3) is 5.22. The Bertz CT molecular complexity index is 1160. The van der Waals surface area contributed by atoms with Gasteiger partial charge in [-0.3, -0.25) is 9.89 Å². The minimum Gasteiger partial charge on any atom is -0.438 e. The Morgan fingerprint density at radius 2 is 1.94 bits per heavy atom. The van der Waals surface area contributed by atoms with Gasteiger partial charge in [0.25, 0.3) is 0 Å². The van der Waals surface area contributed by atoms with Crippen LogP contribution in [0.4, 0.5) is 5.69 Å². The van der Waals surface area contributed by atoms with Gasteiger partial charge in [-0.15, -0.1) is 5.10 Å². The van der Waals surface area contributed by atoms with E-state index in [0.29, 0.717) is 29.3 Å². The largest absolute Gasteiger partial charge is 0.438 e. The predicted molar refractivity (Wildman–Crippen MR) is 118 cm³/mol. The average Bonchev–Trinajstić information content (AvgIpc) is 3.32. The monoisotopic (exact) mass is 439 g/mol. The van der Waals surface area contributed by atoms with Gasteiger partial charge >= 0.3 is 5.97 Å². The number of ether oxygens (including phenoxy) is 2. The molecule has 0 aliphatic heterocycles. The quantitative estimate of drug-likeness (QED) is 0.230. The molecule has 0 spiro atoms. The summed E-state index contributed by atoms with van der Waals surface area (Å²) in [6, 6.07) is 17.4. The van der Waals surface area contributed by atoms with Crippen molar-refractivity contribution in [1.82, 2.24) is 19.8 Å². The average molecular weight is 440 g/mol. The standard InChI is InChI=1S/C22H22ClN5O3/c1-15-20(23)22-25-21(27-28(22)26-15)17-8-10-18(11-9-17)24-13-30-14-31-19(29)12-7-16-5-3-2-4-6-16/h2-6,8-11,24,26H,7,12-14H2,1H3. The van der Waals surface area contributed by atoms with Crippen LogP contribution in [0.25, 0.3) is 17.0 Å². The minimum atomic E-state index is -0.285. The molecule has 2 aromatic heterocycles. The molecular formula is C22H22ClN5O3. The van der Waals surface area contributed by atoms with Crippen molar-refractivity contribution in [2.75, 3.05) is 18.8 Å². The van der Waals surface area contributed by atoms with E-state index in [2.05, 4.69) is 20.5 Å². The van der Waals surface area contributed by atoms with Crippen LogP contribution in [0.1, 0.15) is 17.7 Å². The van der Waals surface area contributed by atoms with Gasteiger partial charge in [0.15, 0.2) is 18.3 Å². The summed E-state index contributed by atoms with van der Waals surface area (Å²) in [5, 5.41) is 11.1. The molecule has 0 aliphatic rings. The maximum absolute atomic E-state index is 11.8. The number of carbonyl (C=O) groups is 1. The maximum Gasteiger partial charge on any atom is 0.308 e. The van der Waals surface area contributed by atoms with Crippen LogP contribution in [0, 0.1) is 6.92 Å². The highest BCUT2D eigenvalue weighted by atomic mass is 35.5. The number of hydrogen-bond donors (Lipinski definition) is 2. The lowest BCUT2D eigenvalue weighted by atomic mass is 10.1. The number of anilines is 1. The second-order valence-corrected chi connectivity index (χ2v) is 7.32. The van der Waals surface area contributed by atoms with Crippen LogP contribution in [-0.4, -0.2) is 39.3 Å². The highest BCUT2D eigenvalue weighted by Gasteiger charge is 2.13. The molecule has 4 aromatic rings. The number of nitrogens with one attached hydrogen (secondary N) is 2. The van der Waals surface area contributed by atoms with E-state index in [4.69, 9.17) is 21.1 Å². The molecule has 0 atom stereocenters. The third-order valence-electron chi connectivity index (χ3n) is 4.69. The fourth-order valence-electron chi connectivity index (χ4n) is 3.01. The molecule has 4 rings (SSSR count). The molecule has 2 aromatic carbocycles. The normalized spacial score (nSPS) is 11.0. The number of aromatic nitrogens is 4. The Kier molecular flexibility index (Phi) is 6.49. The van der Waals surface area contributed by atoms with Crippen LogP contribution in [0.15, 0.2) is 54.6 Å². The molecular weight excluding hydrogens is 418 g/mol.